The van der Waals surface area contributed by atoms with Crippen LogP contribution in [0.5, 0.6) is 0 Å². The van der Waals surface area contributed by atoms with Crippen LogP contribution in [-0.2, 0) is 14.5 Å². The Morgan fingerprint density at radius 1 is 1.33 bits per heavy atom. The Balaban J connectivity index is 2.02. The molecule has 15 heavy (non-hydrogen) atoms. The average molecular weight is 225 g/mol. The van der Waals surface area contributed by atoms with Crippen molar-refractivity contribution in [1.29, 1.82) is 0 Å². The standard InChI is InChI=1S/C10H11NO3S/c12-15(13)11-10(8-14-15)7-6-9-4-2-1-3-5-9/h1-7,10-11H,8H2/b7-6+. The van der Waals surface area contributed by atoms with E-state index in [0.29, 0.717) is 0 Å². The number of hydrogen-bond donors (Lipinski definition) is 1. The third kappa shape index (κ3) is 2.89. The Labute approximate surface area is 88.8 Å². The lowest BCUT2D eigenvalue weighted by Gasteiger charge is -1.97. The lowest BCUT2D eigenvalue weighted by atomic mass is 10.2. The fourth-order valence-corrected chi connectivity index (χ4v) is 2.21. The number of benzene rings is 1. The van der Waals surface area contributed by atoms with Crippen molar-refractivity contribution in [3.8, 4) is 0 Å². The molecule has 0 bridgehead atoms. The molecule has 1 N–H and O–H groups in total. The molecule has 1 heterocycles. The number of rotatable bonds is 2. The van der Waals surface area contributed by atoms with E-state index in [1.807, 2.05) is 36.4 Å². The van der Waals surface area contributed by atoms with Crippen LogP contribution in [-0.4, -0.2) is 21.1 Å². The highest BCUT2D eigenvalue weighted by molar-refractivity contribution is 7.85. The van der Waals surface area contributed by atoms with Gasteiger partial charge >= 0.3 is 10.3 Å². The van der Waals surface area contributed by atoms with Crippen LogP contribution in [0.1, 0.15) is 5.56 Å². The van der Waals surface area contributed by atoms with Gasteiger partial charge in [0.1, 0.15) is 0 Å². The summed E-state index contributed by atoms with van der Waals surface area (Å²) < 4.78 is 28.7. The van der Waals surface area contributed by atoms with Crippen LogP contribution < -0.4 is 4.72 Å². The molecule has 0 aliphatic carbocycles. The second kappa shape index (κ2) is 4.14. The minimum absolute atomic E-state index is 0.158. The van der Waals surface area contributed by atoms with E-state index in [4.69, 9.17) is 0 Å². The van der Waals surface area contributed by atoms with Crippen LogP contribution in [0.3, 0.4) is 0 Å². The average Bonchev–Trinajstić information content (AvgIpc) is 2.57. The first-order valence-electron chi connectivity index (χ1n) is 4.56. The van der Waals surface area contributed by atoms with Gasteiger partial charge in [-0.3, -0.25) is 4.18 Å². The molecule has 0 aromatic heterocycles. The minimum Gasteiger partial charge on any atom is -0.256 e. The summed E-state index contributed by atoms with van der Waals surface area (Å²) in [7, 11) is -3.50. The van der Waals surface area contributed by atoms with Crippen molar-refractivity contribution in [2.75, 3.05) is 6.61 Å². The van der Waals surface area contributed by atoms with Crippen molar-refractivity contribution >= 4 is 16.4 Å². The fraction of sp³-hybridized carbons (Fsp3) is 0.200. The molecule has 1 fully saturated rings. The molecule has 1 aliphatic heterocycles. The van der Waals surface area contributed by atoms with E-state index in [0.717, 1.165) is 5.56 Å². The third-order valence-corrected chi connectivity index (χ3v) is 3.06. The van der Waals surface area contributed by atoms with Crippen molar-refractivity contribution in [3.63, 3.8) is 0 Å². The molecule has 0 saturated carbocycles. The maximum absolute atomic E-state index is 10.9. The first-order chi connectivity index (χ1) is 7.16. The van der Waals surface area contributed by atoms with E-state index in [-0.39, 0.29) is 12.6 Å². The van der Waals surface area contributed by atoms with E-state index in [1.165, 1.54) is 0 Å². The van der Waals surface area contributed by atoms with Crippen LogP contribution in [0, 0.1) is 0 Å². The van der Waals surface area contributed by atoms with Crippen molar-refractivity contribution in [3.05, 3.63) is 42.0 Å². The lowest BCUT2D eigenvalue weighted by molar-refractivity contribution is 0.349. The second-order valence-corrected chi connectivity index (χ2v) is 4.61. The first kappa shape index (κ1) is 10.4. The smallest absolute Gasteiger partial charge is 0.256 e. The van der Waals surface area contributed by atoms with Crippen LogP contribution >= 0.6 is 0 Å². The molecular weight excluding hydrogens is 214 g/mol. The summed E-state index contributed by atoms with van der Waals surface area (Å²) in [6, 6.07) is 9.40. The summed E-state index contributed by atoms with van der Waals surface area (Å²) >= 11 is 0. The highest BCUT2D eigenvalue weighted by Gasteiger charge is 2.25. The van der Waals surface area contributed by atoms with E-state index in [2.05, 4.69) is 8.91 Å². The molecule has 1 unspecified atom stereocenters. The molecular formula is C10H11NO3S. The van der Waals surface area contributed by atoms with Gasteiger partial charge in [0.25, 0.3) is 0 Å². The van der Waals surface area contributed by atoms with Crippen molar-refractivity contribution < 1.29 is 12.6 Å². The first-order valence-corrected chi connectivity index (χ1v) is 5.96. The van der Waals surface area contributed by atoms with Gasteiger partial charge in [-0.2, -0.15) is 13.1 Å². The summed E-state index contributed by atoms with van der Waals surface area (Å²) in [5, 5.41) is 0. The maximum atomic E-state index is 10.9. The third-order valence-electron chi connectivity index (χ3n) is 2.02. The molecule has 1 aromatic rings. The van der Waals surface area contributed by atoms with Gasteiger partial charge in [0.15, 0.2) is 0 Å². The Bertz CT molecular complexity index is 453. The van der Waals surface area contributed by atoms with Crippen LogP contribution in [0.4, 0.5) is 0 Å². The fourth-order valence-electron chi connectivity index (χ4n) is 1.30. The summed E-state index contributed by atoms with van der Waals surface area (Å²) in [6.07, 6.45) is 3.64. The Kier molecular flexibility index (Phi) is 2.86. The topological polar surface area (TPSA) is 55.4 Å². The van der Waals surface area contributed by atoms with Gasteiger partial charge in [0, 0.05) is 0 Å². The molecule has 0 amide bonds. The Hall–Kier alpha value is -1.17. The van der Waals surface area contributed by atoms with Crippen LogP contribution in [0.2, 0.25) is 0 Å². The molecule has 1 aromatic carbocycles. The van der Waals surface area contributed by atoms with Crippen molar-refractivity contribution in [2.45, 2.75) is 6.04 Å². The molecule has 1 saturated heterocycles. The Morgan fingerprint density at radius 3 is 2.67 bits per heavy atom. The normalized spacial score (nSPS) is 24.7. The number of nitrogens with one attached hydrogen (secondary N) is 1. The Morgan fingerprint density at radius 2 is 2.07 bits per heavy atom. The van der Waals surface area contributed by atoms with E-state index in [1.54, 1.807) is 6.08 Å². The van der Waals surface area contributed by atoms with E-state index in [9.17, 15) is 8.42 Å². The van der Waals surface area contributed by atoms with Crippen molar-refractivity contribution in [1.82, 2.24) is 4.72 Å². The zero-order valence-corrected chi connectivity index (χ0v) is 8.78. The zero-order valence-electron chi connectivity index (χ0n) is 7.96. The van der Waals surface area contributed by atoms with Gasteiger partial charge < -0.3 is 0 Å². The molecule has 0 radical (unpaired) electrons. The van der Waals surface area contributed by atoms with E-state index < -0.39 is 10.3 Å². The van der Waals surface area contributed by atoms with Gasteiger partial charge in [-0.1, -0.05) is 42.5 Å². The minimum atomic E-state index is -3.50. The highest BCUT2D eigenvalue weighted by Crippen LogP contribution is 2.08. The predicted octanol–water partition coefficient (Wildman–Crippen LogP) is 0.933. The molecule has 4 nitrogen and oxygen atoms in total. The molecule has 80 valence electrons. The largest absolute Gasteiger partial charge is 0.336 e. The molecule has 2 rings (SSSR count). The summed E-state index contributed by atoms with van der Waals surface area (Å²) in [5.74, 6) is 0. The van der Waals surface area contributed by atoms with Gasteiger partial charge in [0.2, 0.25) is 0 Å². The second-order valence-electron chi connectivity index (χ2n) is 3.23. The molecule has 1 atom stereocenters. The van der Waals surface area contributed by atoms with Gasteiger partial charge in [-0.25, -0.2) is 0 Å². The monoisotopic (exact) mass is 225 g/mol. The lowest BCUT2D eigenvalue weighted by Crippen LogP contribution is -2.24. The SMILES string of the molecule is O=S1(=O)NC(/C=C/c2ccccc2)CO1. The molecule has 5 heteroatoms. The van der Waals surface area contributed by atoms with Gasteiger partial charge in [0.05, 0.1) is 12.6 Å². The summed E-state index contributed by atoms with van der Waals surface area (Å²) in [5.41, 5.74) is 1.03. The predicted molar refractivity (Wildman–Crippen MR) is 57.3 cm³/mol. The van der Waals surface area contributed by atoms with Crippen LogP contribution in [0.15, 0.2) is 36.4 Å². The van der Waals surface area contributed by atoms with Gasteiger partial charge in [-0.05, 0) is 5.56 Å². The molecule has 1 aliphatic rings. The molecule has 0 spiro atoms. The zero-order chi connectivity index (χ0) is 10.7. The highest BCUT2D eigenvalue weighted by atomic mass is 32.2. The summed E-state index contributed by atoms with van der Waals surface area (Å²) in [6.45, 7) is 0.158. The maximum Gasteiger partial charge on any atom is 0.336 e. The van der Waals surface area contributed by atoms with Gasteiger partial charge in [-0.15, -0.1) is 0 Å². The summed E-state index contributed by atoms with van der Waals surface area (Å²) in [4.78, 5) is 0. The quantitative estimate of drug-likeness (QED) is 0.814. The van der Waals surface area contributed by atoms with Crippen LogP contribution in [0.25, 0.3) is 6.08 Å². The van der Waals surface area contributed by atoms with E-state index >= 15 is 0 Å². The van der Waals surface area contributed by atoms with Crippen molar-refractivity contribution in [2.24, 2.45) is 0 Å². The number of hydrogen-bond acceptors (Lipinski definition) is 3.